The average molecular weight is 217 g/mol. The Labute approximate surface area is 97.3 Å². The molecule has 1 aromatic rings. The van der Waals surface area contributed by atoms with Crippen molar-refractivity contribution in [2.24, 2.45) is 0 Å². The van der Waals surface area contributed by atoms with E-state index >= 15 is 0 Å². The number of nitrogens with one attached hydrogen (secondary N) is 1. The van der Waals surface area contributed by atoms with Crippen LogP contribution in [0.3, 0.4) is 0 Å². The van der Waals surface area contributed by atoms with Crippen LogP contribution in [0.2, 0.25) is 0 Å². The van der Waals surface area contributed by atoms with Gasteiger partial charge in [0.2, 0.25) is 0 Å². The van der Waals surface area contributed by atoms with E-state index in [0.717, 1.165) is 19.6 Å². The van der Waals surface area contributed by atoms with E-state index in [4.69, 9.17) is 4.74 Å². The van der Waals surface area contributed by atoms with Crippen molar-refractivity contribution >= 4 is 6.08 Å². The molecule has 2 atom stereocenters. The lowest BCUT2D eigenvalue weighted by molar-refractivity contribution is 0.114. The molecule has 1 aromatic carbocycles. The highest BCUT2D eigenvalue weighted by Gasteiger charge is 2.22. The summed E-state index contributed by atoms with van der Waals surface area (Å²) in [5.41, 5.74) is 1.25. The van der Waals surface area contributed by atoms with Crippen LogP contribution in [-0.4, -0.2) is 25.3 Å². The molecule has 0 bridgehead atoms. The van der Waals surface area contributed by atoms with Gasteiger partial charge in [0.25, 0.3) is 0 Å². The normalized spacial score (nSPS) is 25.3. The van der Waals surface area contributed by atoms with E-state index in [1.54, 1.807) is 0 Å². The zero-order valence-corrected chi connectivity index (χ0v) is 9.73. The van der Waals surface area contributed by atoms with Gasteiger partial charge in [-0.3, -0.25) is 0 Å². The first-order valence-corrected chi connectivity index (χ1v) is 5.93. The van der Waals surface area contributed by atoms with Crippen molar-refractivity contribution in [2.45, 2.75) is 25.5 Å². The van der Waals surface area contributed by atoms with Crippen LogP contribution >= 0.6 is 0 Å². The largest absolute Gasteiger partial charge is 0.377 e. The fourth-order valence-corrected chi connectivity index (χ4v) is 1.98. The van der Waals surface area contributed by atoms with Crippen LogP contribution in [0.15, 0.2) is 36.4 Å². The van der Waals surface area contributed by atoms with Crippen molar-refractivity contribution in [2.75, 3.05) is 13.2 Å². The van der Waals surface area contributed by atoms with Crippen molar-refractivity contribution < 1.29 is 4.74 Å². The van der Waals surface area contributed by atoms with E-state index in [0.29, 0.717) is 12.1 Å². The molecule has 1 N–H and O–H groups in total. The first kappa shape index (κ1) is 11.4. The van der Waals surface area contributed by atoms with Crippen molar-refractivity contribution in [3.63, 3.8) is 0 Å². The molecule has 0 amide bonds. The Balaban J connectivity index is 1.73. The SMILES string of the molecule is CC1OCCC1NC/C=C/c1ccccc1. The lowest BCUT2D eigenvalue weighted by Gasteiger charge is -2.14. The molecule has 1 aliphatic rings. The minimum atomic E-state index is 0.352. The van der Waals surface area contributed by atoms with E-state index in [1.165, 1.54) is 5.56 Å². The minimum Gasteiger partial charge on any atom is -0.377 e. The van der Waals surface area contributed by atoms with Gasteiger partial charge < -0.3 is 10.1 Å². The highest BCUT2D eigenvalue weighted by Crippen LogP contribution is 2.12. The fraction of sp³-hybridized carbons (Fsp3) is 0.429. The Kier molecular flexibility index (Phi) is 4.14. The maximum absolute atomic E-state index is 5.49. The molecule has 2 rings (SSSR count). The summed E-state index contributed by atoms with van der Waals surface area (Å²) in [6.45, 7) is 3.93. The molecule has 0 aliphatic carbocycles. The molecule has 0 radical (unpaired) electrons. The van der Waals surface area contributed by atoms with Gasteiger partial charge in [-0.15, -0.1) is 0 Å². The topological polar surface area (TPSA) is 21.3 Å². The van der Waals surface area contributed by atoms with E-state index in [9.17, 15) is 0 Å². The van der Waals surface area contributed by atoms with Gasteiger partial charge in [0.15, 0.2) is 0 Å². The smallest absolute Gasteiger partial charge is 0.0700 e. The van der Waals surface area contributed by atoms with Crippen molar-refractivity contribution in [3.05, 3.63) is 42.0 Å². The Bertz CT molecular complexity index is 334. The van der Waals surface area contributed by atoms with Crippen LogP contribution in [0.25, 0.3) is 6.08 Å². The quantitative estimate of drug-likeness (QED) is 0.836. The van der Waals surface area contributed by atoms with Crippen molar-refractivity contribution in [1.29, 1.82) is 0 Å². The molecular weight excluding hydrogens is 198 g/mol. The maximum Gasteiger partial charge on any atom is 0.0700 e. The standard InChI is InChI=1S/C14H19NO/c1-12-14(9-11-16-12)15-10-5-8-13-6-3-2-4-7-13/h2-8,12,14-15H,9-11H2,1H3/b8-5+. The summed E-state index contributed by atoms with van der Waals surface area (Å²) in [6.07, 6.45) is 5.79. The first-order valence-electron chi connectivity index (χ1n) is 5.93. The number of ether oxygens (including phenoxy) is 1. The van der Waals surface area contributed by atoms with Gasteiger partial charge in [-0.05, 0) is 18.9 Å². The molecule has 0 aromatic heterocycles. The third kappa shape index (κ3) is 3.19. The molecule has 16 heavy (non-hydrogen) atoms. The lowest BCUT2D eigenvalue weighted by atomic mass is 10.1. The van der Waals surface area contributed by atoms with E-state index in [-0.39, 0.29) is 0 Å². The molecule has 2 nitrogen and oxygen atoms in total. The van der Waals surface area contributed by atoms with E-state index in [2.05, 4.69) is 48.7 Å². The molecule has 2 unspecified atom stereocenters. The molecule has 1 saturated heterocycles. The Hall–Kier alpha value is -1.12. The third-order valence-corrected chi connectivity index (χ3v) is 2.98. The second-order valence-corrected chi connectivity index (χ2v) is 4.19. The fourth-order valence-electron chi connectivity index (χ4n) is 1.98. The molecule has 2 heteroatoms. The summed E-state index contributed by atoms with van der Waals surface area (Å²) in [5.74, 6) is 0. The van der Waals surface area contributed by atoms with Gasteiger partial charge in [-0.2, -0.15) is 0 Å². The summed E-state index contributed by atoms with van der Waals surface area (Å²) < 4.78 is 5.49. The summed E-state index contributed by atoms with van der Waals surface area (Å²) in [7, 11) is 0. The van der Waals surface area contributed by atoms with Crippen LogP contribution in [-0.2, 0) is 4.74 Å². The van der Waals surface area contributed by atoms with Crippen LogP contribution in [0, 0.1) is 0 Å². The Morgan fingerprint density at radius 3 is 2.88 bits per heavy atom. The van der Waals surface area contributed by atoms with Gasteiger partial charge in [0.1, 0.15) is 0 Å². The highest BCUT2D eigenvalue weighted by atomic mass is 16.5. The predicted molar refractivity (Wildman–Crippen MR) is 67.3 cm³/mol. The van der Waals surface area contributed by atoms with E-state index < -0.39 is 0 Å². The van der Waals surface area contributed by atoms with Crippen LogP contribution < -0.4 is 5.32 Å². The monoisotopic (exact) mass is 217 g/mol. The number of rotatable bonds is 4. The van der Waals surface area contributed by atoms with Gasteiger partial charge in [0.05, 0.1) is 6.10 Å². The molecule has 86 valence electrons. The molecule has 0 spiro atoms. The highest BCUT2D eigenvalue weighted by molar-refractivity contribution is 5.48. The first-order chi connectivity index (χ1) is 7.86. The minimum absolute atomic E-state index is 0.352. The van der Waals surface area contributed by atoms with Gasteiger partial charge in [-0.1, -0.05) is 42.5 Å². The summed E-state index contributed by atoms with van der Waals surface area (Å²) >= 11 is 0. The second kappa shape index (κ2) is 5.83. The summed E-state index contributed by atoms with van der Waals surface area (Å²) in [5, 5.41) is 3.49. The molecule has 1 heterocycles. The molecular formula is C14H19NO. The number of hydrogen-bond donors (Lipinski definition) is 1. The van der Waals surface area contributed by atoms with Crippen molar-refractivity contribution in [1.82, 2.24) is 5.32 Å². The zero-order valence-electron chi connectivity index (χ0n) is 9.73. The summed E-state index contributed by atoms with van der Waals surface area (Å²) in [4.78, 5) is 0. The van der Waals surface area contributed by atoms with Gasteiger partial charge in [-0.25, -0.2) is 0 Å². The maximum atomic E-state index is 5.49. The van der Waals surface area contributed by atoms with E-state index in [1.807, 2.05) is 6.07 Å². The average Bonchev–Trinajstić information content (AvgIpc) is 2.72. The van der Waals surface area contributed by atoms with Crippen molar-refractivity contribution in [3.8, 4) is 0 Å². The third-order valence-electron chi connectivity index (χ3n) is 2.98. The Morgan fingerprint density at radius 2 is 2.19 bits per heavy atom. The zero-order chi connectivity index (χ0) is 11.2. The van der Waals surface area contributed by atoms with Crippen LogP contribution in [0.4, 0.5) is 0 Å². The lowest BCUT2D eigenvalue weighted by Crippen LogP contribution is -2.34. The van der Waals surface area contributed by atoms with Gasteiger partial charge in [0, 0.05) is 19.2 Å². The van der Waals surface area contributed by atoms with Crippen LogP contribution in [0.5, 0.6) is 0 Å². The number of benzene rings is 1. The molecule has 1 fully saturated rings. The molecule has 1 aliphatic heterocycles. The second-order valence-electron chi connectivity index (χ2n) is 4.19. The number of hydrogen-bond acceptors (Lipinski definition) is 2. The predicted octanol–water partition coefficient (Wildman–Crippen LogP) is 2.47. The van der Waals surface area contributed by atoms with Crippen LogP contribution in [0.1, 0.15) is 18.9 Å². The van der Waals surface area contributed by atoms with Gasteiger partial charge >= 0.3 is 0 Å². The Morgan fingerprint density at radius 1 is 1.38 bits per heavy atom. The molecule has 0 saturated carbocycles. The summed E-state index contributed by atoms with van der Waals surface area (Å²) in [6, 6.07) is 10.9.